The molecule has 0 unspecified atom stereocenters. The van der Waals surface area contributed by atoms with Gasteiger partial charge in [0.05, 0.1) is 12.3 Å². The number of thiazole rings is 1. The summed E-state index contributed by atoms with van der Waals surface area (Å²) in [6.45, 7) is 0.698. The third-order valence-electron chi connectivity index (χ3n) is 3.16. The van der Waals surface area contributed by atoms with E-state index in [1.807, 2.05) is 54.2 Å². The van der Waals surface area contributed by atoms with E-state index in [0.717, 1.165) is 33.5 Å². The minimum absolute atomic E-state index is 0.277. The van der Waals surface area contributed by atoms with Crippen molar-refractivity contribution in [2.24, 2.45) is 0 Å². The molecular formula is C18H17NO2S2. The Bertz CT molecular complexity index is 726. The van der Waals surface area contributed by atoms with Crippen LogP contribution in [0.2, 0.25) is 0 Å². The van der Waals surface area contributed by atoms with Crippen LogP contribution in [0.15, 0.2) is 60.0 Å². The van der Waals surface area contributed by atoms with Crippen molar-refractivity contribution in [1.29, 1.82) is 0 Å². The molecule has 1 aromatic heterocycles. The van der Waals surface area contributed by atoms with Crippen LogP contribution >= 0.6 is 23.1 Å². The van der Waals surface area contributed by atoms with E-state index in [1.54, 1.807) is 23.5 Å². The SMILES string of the molecule is Oc1ccc(-c2nc(CSCCOc3ccccc3)cs2)cc1. The van der Waals surface area contributed by atoms with Crippen LogP contribution in [-0.2, 0) is 5.75 Å². The lowest BCUT2D eigenvalue weighted by molar-refractivity contribution is 0.344. The van der Waals surface area contributed by atoms with E-state index in [0.29, 0.717) is 6.61 Å². The van der Waals surface area contributed by atoms with Crippen LogP contribution in [0.1, 0.15) is 5.69 Å². The number of aromatic nitrogens is 1. The fourth-order valence-corrected chi connectivity index (χ4v) is 3.66. The second-order valence-electron chi connectivity index (χ2n) is 4.90. The third kappa shape index (κ3) is 4.74. The summed E-state index contributed by atoms with van der Waals surface area (Å²) in [5, 5.41) is 12.4. The Morgan fingerprint density at radius 2 is 1.83 bits per heavy atom. The predicted molar refractivity (Wildman–Crippen MR) is 97.3 cm³/mol. The van der Waals surface area contributed by atoms with Gasteiger partial charge < -0.3 is 9.84 Å². The van der Waals surface area contributed by atoms with Crippen molar-refractivity contribution in [1.82, 2.24) is 4.98 Å². The summed E-state index contributed by atoms with van der Waals surface area (Å²) in [7, 11) is 0. The molecule has 118 valence electrons. The Labute approximate surface area is 144 Å². The van der Waals surface area contributed by atoms with Gasteiger partial charge in [0.1, 0.15) is 16.5 Å². The quantitative estimate of drug-likeness (QED) is 0.624. The summed E-state index contributed by atoms with van der Waals surface area (Å²) in [5.74, 6) is 3.00. The highest BCUT2D eigenvalue weighted by Gasteiger charge is 2.05. The van der Waals surface area contributed by atoms with Crippen molar-refractivity contribution in [3.63, 3.8) is 0 Å². The summed E-state index contributed by atoms with van der Waals surface area (Å²) in [5.41, 5.74) is 2.12. The van der Waals surface area contributed by atoms with Gasteiger partial charge in [-0.2, -0.15) is 11.8 Å². The first-order valence-corrected chi connectivity index (χ1v) is 9.34. The first kappa shape index (κ1) is 15.9. The number of phenolic OH excluding ortho intramolecular Hbond substituents is 1. The Balaban J connectivity index is 1.43. The zero-order valence-electron chi connectivity index (χ0n) is 12.5. The largest absolute Gasteiger partial charge is 0.508 e. The van der Waals surface area contributed by atoms with Gasteiger partial charge in [-0.05, 0) is 36.4 Å². The highest BCUT2D eigenvalue weighted by Crippen LogP contribution is 2.26. The fraction of sp³-hybridized carbons (Fsp3) is 0.167. The smallest absolute Gasteiger partial charge is 0.123 e. The highest BCUT2D eigenvalue weighted by atomic mass is 32.2. The number of phenols is 1. The minimum atomic E-state index is 0.277. The first-order valence-electron chi connectivity index (χ1n) is 7.31. The summed E-state index contributed by atoms with van der Waals surface area (Å²) < 4.78 is 5.67. The van der Waals surface area contributed by atoms with Crippen molar-refractivity contribution >= 4 is 23.1 Å². The van der Waals surface area contributed by atoms with E-state index in [9.17, 15) is 5.11 Å². The van der Waals surface area contributed by atoms with Crippen LogP contribution in [0, 0.1) is 0 Å². The molecule has 0 saturated heterocycles. The van der Waals surface area contributed by atoms with Gasteiger partial charge in [-0.3, -0.25) is 0 Å². The summed E-state index contributed by atoms with van der Waals surface area (Å²) in [6, 6.07) is 17.0. The van der Waals surface area contributed by atoms with Crippen molar-refractivity contribution in [3.8, 4) is 22.1 Å². The van der Waals surface area contributed by atoms with Crippen LogP contribution in [0.25, 0.3) is 10.6 Å². The normalized spacial score (nSPS) is 10.6. The number of ether oxygens (including phenoxy) is 1. The van der Waals surface area contributed by atoms with Crippen molar-refractivity contribution in [2.75, 3.05) is 12.4 Å². The van der Waals surface area contributed by atoms with E-state index >= 15 is 0 Å². The van der Waals surface area contributed by atoms with Gasteiger partial charge in [-0.1, -0.05) is 18.2 Å². The van der Waals surface area contributed by atoms with E-state index < -0.39 is 0 Å². The first-order chi connectivity index (χ1) is 11.3. The molecule has 0 aliphatic heterocycles. The minimum Gasteiger partial charge on any atom is -0.508 e. The Morgan fingerprint density at radius 3 is 2.61 bits per heavy atom. The second-order valence-corrected chi connectivity index (χ2v) is 6.87. The van der Waals surface area contributed by atoms with E-state index in [-0.39, 0.29) is 5.75 Å². The monoisotopic (exact) mass is 343 g/mol. The molecule has 0 amide bonds. The van der Waals surface area contributed by atoms with Gasteiger partial charge in [-0.15, -0.1) is 11.3 Å². The maximum atomic E-state index is 9.33. The highest BCUT2D eigenvalue weighted by molar-refractivity contribution is 7.98. The fourth-order valence-electron chi connectivity index (χ4n) is 2.02. The molecule has 0 fully saturated rings. The van der Waals surface area contributed by atoms with E-state index in [1.165, 1.54) is 0 Å². The zero-order valence-corrected chi connectivity index (χ0v) is 14.1. The van der Waals surface area contributed by atoms with Crippen LogP contribution in [0.3, 0.4) is 0 Å². The van der Waals surface area contributed by atoms with E-state index in [2.05, 4.69) is 10.4 Å². The number of thioether (sulfide) groups is 1. The number of benzene rings is 2. The number of nitrogens with zero attached hydrogens (tertiary/aromatic N) is 1. The van der Waals surface area contributed by atoms with Crippen LogP contribution in [-0.4, -0.2) is 22.5 Å². The number of hydrogen-bond donors (Lipinski definition) is 1. The number of para-hydroxylation sites is 1. The lowest BCUT2D eigenvalue weighted by atomic mass is 10.2. The molecule has 3 rings (SSSR count). The van der Waals surface area contributed by atoms with Gasteiger partial charge >= 0.3 is 0 Å². The summed E-state index contributed by atoms with van der Waals surface area (Å²) in [6.07, 6.45) is 0. The molecule has 5 heteroatoms. The molecule has 0 bridgehead atoms. The Kier molecular flexibility index (Phi) is 5.56. The molecule has 0 spiro atoms. The van der Waals surface area contributed by atoms with E-state index in [4.69, 9.17) is 4.74 Å². The molecule has 0 aliphatic carbocycles. The molecule has 3 aromatic rings. The maximum absolute atomic E-state index is 9.33. The molecule has 1 heterocycles. The molecule has 0 saturated carbocycles. The molecule has 23 heavy (non-hydrogen) atoms. The van der Waals surface area contributed by atoms with Crippen molar-refractivity contribution in [3.05, 3.63) is 65.7 Å². The van der Waals surface area contributed by atoms with Crippen LogP contribution < -0.4 is 4.74 Å². The maximum Gasteiger partial charge on any atom is 0.123 e. The van der Waals surface area contributed by atoms with Gasteiger partial charge in [0.15, 0.2) is 0 Å². The standard InChI is InChI=1S/C18H17NO2S2/c20-16-8-6-14(7-9-16)18-19-15(13-23-18)12-22-11-10-21-17-4-2-1-3-5-17/h1-9,13,20H,10-12H2. The Hall–Kier alpha value is -1.98. The molecule has 0 atom stereocenters. The van der Waals surface area contributed by atoms with Crippen molar-refractivity contribution < 1.29 is 9.84 Å². The van der Waals surface area contributed by atoms with Crippen LogP contribution in [0.5, 0.6) is 11.5 Å². The number of aromatic hydroxyl groups is 1. The topological polar surface area (TPSA) is 42.4 Å². The Morgan fingerprint density at radius 1 is 1.04 bits per heavy atom. The van der Waals surface area contributed by atoms with Gasteiger partial charge in [0, 0.05) is 22.4 Å². The summed E-state index contributed by atoms with van der Waals surface area (Å²) in [4.78, 5) is 4.64. The molecule has 0 radical (unpaired) electrons. The molecular weight excluding hydrogens is 326 g/mol. The average Bonchev–Trinajstić information content (AvgIpc) is 3.05. The second kappa shape index (κ2) is 8.04. The predicted octanol–water partition coefficient (Wildman–Crippen LogP) is 4.83. The van der Waals surface area contributed by atoms with Crippen LogP contribution in [0.4, 0.5) is 0 Å². The summed E-state index contributed by atoms with van der Waals surface area (Å²) >= 11 is 3.45. The van der Waals surface area contributed by atoms with Gasteiger partial charge in [-0.25, -0.2) is 4.98 Å². The number of rotatable bonds is 7. The molecule has 0 aliphatic rings. The average molecular weight is 343 g/mol. The lowest BCUT2D eigenvalue weighted by Crippen LogP contribution is -2.00. The lowest BCUT2D eigenvalue weighted by Gasteiger charge is -2.04. The third-order valence-corrected chi connectivity index (χ3v) is 5.05. The van der Waals surface area contributed by atoms with Crippen molar-refractivity contribution in [2.45, 2.75) is 5.75 Å². The zero-order chi connectivity index (χ0) is 15.9. The van der Waals surface area contributed by atoms with Gasteiger partial charge in [0.2, 0.25) is 0 Å². The molecule has 2 aromatic carbocycles. The van der Waals surface area contributed by atoms with Gasteiger partial charge in [0.25, 0.3) is 0 Å². The molecule has 3 nitrogen and oxygen atoms in total. The number of hydrogen-bond acceptors (Lipinski definition) is 5. The molecule has 1 N–H and O–H groups in total.